The Morgan fingerprint density at radius 3 is 2.20 bits per heavy atom. The Hall–Kier alpha value is -1.31. The lowest BCUT2D eigenvalue weighted by Gasteiger charge is -2.14. The summed E-state index contributed by atoms with van der Waals surface area (Å²) in [4.78, 5) is 0.284. The number of alkyl halides is 1. The van der Waals surface area contributed by atoms with Crippen LogP contribution in [0.2, 0.25) is 5.02 Å². The molecule has 100 valence electrons. The third-order valence-corrected chi connectivity index (χ3v) is 4.65. The van der Waals surface area contributed by atoms with E-state index in [1.165, 1.54) is 16.5 Å². The van der Waals surface area contributed by atoms with Crippen LogP contribution in [0.4, 0.5) is 0 Å². The van der Waals surface area contributed by atoms with Crippen molar-refractivity contribution in [2.75, 3.05) is 0 Å². The van der Waals surface area contributed by atoms with Crippen LogP contribution < -0.4 is 0 Å². The summed E-state index contributed by atoms with van der Waals surface area (Å²) in [5.74, 6) is 0. The van der Waals surface area contributed by atoms with Crippen LogP contribution in [0.5, 0.6) is 0 Å². The Labute approximate surface area is 132 Å². The number of benzene rings is 3. The lowest BCUT2D eigenvalue weighted by atomic mass is 9.98. The normalized spacial score (nSPS) is 12.5. The standard InChI is InChI=1S/C18H14BrCl/c19-17(12-13-6-2-1-3-7-13)15-10-11-18(20)16-9-5-4-8-14(15)16/h1-11,17H,12H2. The highest BCUT2D eigenvalue weighted by Crippen LogP contribution is 2.35. The van der Waals surface area contributed by atoms with E-state index in [9.17, 15) is 0 Å². The third kappa shape index (κ3) is 2.74. The van der Waals surface area contributed by atoms with Crippen molar-refractivity contribution >= 4 is 38.3 Å². The van der Waals surface area contributed by atoms with Crippen LogP contribution in [0, 0.1) is 0 Å². The fourth-order valence-electron chi connectivity index (χ4n) is 2.49. The smallest absolute Gasteiger partial charge is 0.0484 e. The maximum Gasteiger partial charge on any atom is 0.0484 e. The van der Waals surface area contributed by atoms with Gasteiger partial charge in [0.05, 0.1) is 0 Å². The molecule has 0 spiro atoms. The maximum atomic E-state index is 6.28. The highest BCUT2D eigenvalue weighted by atomic mass is 79.9. The first-order chi connectivity index (χ1) is 9.75. The molecule has 0 amide bonds. The van der Waals surface area contributed by atoms with E-state index in [-0.39, 0.29) is 4.83 Å². The summed E-state index contributed by atoms with van der Waals surface area (Å²) in [6.07, 6.45) is 0.965. The number of hydrogen-bond acceptors (Lipinski definition) is 0. The fourth-order valence-corrected chi connectivity index (χ4v) is 3.49. The van der Waals surface area contributed by atoms with Crippen LogP contribution in [0.1, 0.15) is 16.0 Å². The topological polar surface area (TPSA) is 0 Å². The Balaban J connectivity index is 2.00. The van der Waals surface area contributed by atoms with Crippen LogP contribution in [0.3, 0.4) is 0 Å². The molecule has 1 atom stereocenters. The Kier molecular flexibility index (Phi) is 4.09. The predicted octanol–water partition coefficient (Wildman–Crippen LogP) is 6.17. The van der Waals surface area contributed by atoms with E-state index in [1.807, 2.05) is 18.2 Å². The Morgan fingerprint density at radius 1 is 0.800 bits per heavy atom. The molecule has 0 saturated heterocycles. The lowest BCUT2D eigenvalue weighted by Crippen LogP contribution is -1.96. The summed E-state index contributed by atoms with van der Waals surface area (Å²) in [5, 5.41) is 3.14. The van der Waals surface area contributed by atoms with Gasteiger partial charge in [0.2, 0.25) is 0 Å². The van der Waals surface area contributed by atoms with Gasteiger partial charge in [0.25, 0.3) is 0 Å². The van der Waals surface area contributed by atoms with E-state index in [4.69, 9.17) is 11.6 Å². The summed E-state index contributed by atoms with van der Waals surface area (Å²) in [6, 6.07) is 22.9. The molecule has 0 nitrogen and oxygen atoms in total. The van der Waals surface area contributed by atoms with Gasteiger partial charge in [-0.25, -0.2) is 0 Å². The highest BCUT2D eigenvalue weighted by molar-refractivity contribution is 9.09. The summed E-state index contributed by atoms with van der Waals surface area (Å²) < 4.78 is 0. The summed E-state index contributed by atoms with van der Waals surface area (Å²) in [5.41, 5.74) is 2.61. The van der Waals surface area contributed by atoms with Gasteiger partial charge in [-0.1, -0.05) is 88.2 Å². The van der Waals surface area contributed by atoms with E-state index in [0.29, 0.717) is 0 Å². The summed E-state index contributed by atoms with van der Waals surface area (Å²) in [7, 11) is 0. The van der Waals surface area contributed by atoms with E-state index in [0.717, 1.165) is 16.8 Å². The predicted molar refractivity (Wildman–Crippen MR) is 90.8 cm³/mol. The molecule has 0 aromatic heterocycles. The molecule has 0 aliphatic carbocycles. The molecule has 0 fully saturated rings. The number of fused-ring (bicyclic) bond motifs is 1. The van der Waals surface area contributed by atoms with Crippen LogP contribution >= 0.6 is 27.5 Å². The van der Waals surface area contributed by atoms with Crippen molar-refractivity contribution < 1.29 is 0 Å². The first kappa shape index (κ1) is 13.7. The van der Waals surface area contributed by atoms with Gasteiger partial charge in [-0.15, -0.1) is 0 Å². The van der Waals surface area contributed by atoms with Crippen molar-refractivity contribution in [1.29, 1.82) is 0 Å². The quantitative estimate of drug-likeness (QED) is 0.498. The van der Waals surface area contributed by atoms with Gasteiger partial charge in [0.1, 0.15) is 0 Å². The second-order valence-electron chi connectivity index (χ2n) is 4.84. The molecule has 0 saturated carbocycles. The van der Waals surface area contributed by atoms with Crippen molar-refractivity contribution in [3.8, 4) is 0 Å². The van der Waals surface area contributed by atoms with Crippen molar-refractivity contribution in [3.63, 3.8) is 0 Å². The average Bonchev–Trinajstić information content (AvgIpc) is 2.49. The molecule has 0 aliphatic rings. The van der Waals surface area contributed by atoms with Crippen molar-refractivity contribution in [3.05, 3.63) is 82.9 Å². The molecule has 0 heterocycles. The molecule has 0 bridgehead atoms. The molecule has 3 rings (SSSR count). The van der Waals surface area contributed by atoms with Gasteiger partial charge in [-0.3, -0.25) is 0 Å². The molecular formula is C18H14BrCl. The monoisotopic (exact) mass is 344 g/mol. The van der Waals surface area contributed by atoms with Crippen molar-refractivity contribution in [2.45, 2.75) is 11.2 Å². The third-order valence-electron chi connectivity index (χ3n) is 3.50. The summed E-state index contributed by atoms with van der Waals surface area (Å²) >= 11 is 10.1. The van der Waals surface area contributed by atoms with Gasteiger partial charge >= 0.3 is 0 Å². The number of halogens is 2. The van der Waals surface area contributed by atoms with Gasteiger partial charge < -0.3 is 0 Å². The zero-order valence-corrected chi connectivity index (χ0v) is 13.2. The van der Waals surface area contributed by atoms with E-state index in [1.54, 1.807) is 0 Å². The van der Waals surface area contributed by atoms with Crippen LogP contribution in [-0.2, 0) is 6.42 Å². The Morgan fingerprint density at radius 2 is 1.45 bits per heavy atom. The fraction of sp³-hybridized carbons (Fsp3) is 0.111. The molecule has 2 heteroatoms. The SMILES string of the molecule is Clc1ccc(C(Br)Cc2ccccc2)c2ccccc12. The van der Waals surface area contributed by atoms with Crippen LogP contribution in [0.25, 0.3) is 10.8 Å². The Bertz CT molecular complexity index is 722. The zero-order valence-electron chi connectivity index (χ0n) is 10.9. The minimum absolute atomic E-state index is 0.284. The van der Waals surface area contributed by atoms with Gasteiger partial charge in [-0.05, 0) is 29.0 Å². The number of hydrogen-bond donors (Lipinski definition) is 0. The average molecular weight is 346 g/mol. The lowest BCUT2D eigenvalue weighted by molar-refractivity contribution is 0.958. The minimum atomic E-state index is 0.284. The second kappa shape index (κ2) is 5.99. The maximum absolute atomic E-state index is 6.28. The molecule has 0 aliphatic heterocycles. The molecule has 1 unspecified atom stereocenters. The highest BCUT2D eigenvalue weighted by Gasteiger charge is 2.13. The molecule has 20 heavy (non-hydrogen) atoms. The van der Waals surface area contributed by atoms with Gasteiger partial charge in [0.15, 0.2) is 0 Å². The van der Waals surface area contributed by atoms with E-state index in [2.05, 4.69) is 64.5 Å². The number of rotatable bonds is 3. The van der Waals surface area contributed by atoms with Crippen LogP contribution in [0.15, 0.2) is 66.7 Å². The van der Waals surface area contributed by atoms with Crippen LogP contribution in [-0.4, -0.2) is 0 Å². The van der Waals surface area contributed by atoms with Crippen molar-refractivity contribution in [1.82, 2.24) is 0 Å². The molecular weight excluding hydrogens is 332 g/mol. The minimum Gasteiger partial charge on any atom is -0.0837 e. The first-order valence-corrected chi connectivity index (χ1v) is 7.90. The molecule has 0 N–H and O–H groups in total. The zero-order chi connectivity index (χ0) is 13.9. The van der Waals surface area contributed by atoms with Gasteiger partial charge in [-0.2, -0.15) is 0 Å². The molecule has 3 aromatic rings. The van der Waals surface area contributed by atoms with E-state index < -0.39 is 0 Å². The second-order valence-corrected chi connectivity index (χ2v) is 6.35. The summed E-state index contributed by atoms with van der Waals surface area (Å²) in [6.45, 7) is 0. The van der Waals surface area contributed by atoms with Gasteiger partial charge in [0, 0.05) is 15.2 Å². The first-order valence-electron chi connectivity index (χ1n) is 6.61. The van der Waals surface area contributed by atoms with Crippen molar-refractivity contribution in [2.24, 2.45) is 0 Å². The molecule has 0 radical (unpaired) electrons. The van der Waals surface area contributed by atoms with E-state index >= 15 is 0 Å². The molecule has 3 aromatic carbocycles. The largest absolute Gasteiger partial charge is 0.0837 e.